The number of alkyl halides is 1. The van der Waals surface area contributed by atoms with Crippen molar-refractivity contribution < 1.29 is 9.18 Å². The summed E-state index contributed by atoms with van der Waals surface area (Å²) in [6, 6.07) is 2.07. The third-order valence-electron chi connectivity index (χ3n) is 6.53. The molecule has 3 nitrogen and oxygen atoms in total. The van der Waals surface area contributed by atoms with E-state index in [-0.39, 0.29) is 17.5 Å². The lowest BCUT2D eigenvalue weighted by Gasteiger charge is -2.40. The first kappa shape index (κ1) is 16.6. The number of allylic oxidation sites excluding steroid dienone is 3. The molecule has 132 valence electrons. The summed E-state index contributed by atoms with van der Waals surface area (Å²) < 4.78 is 13.2. The highest BCUT2D eigenvalue weighted by atomic mass is 19.1. The number of piperidine rings is 1. The molecule has 0 radical (unpaired) electrons. The predicted molar refractivity (Wildman–Crippen MR) is 94.3 cm³/mol. The maximum atomic E-state index is 13.2. The number of hydrogen-bond donors (Lipinski definition) is 0. The number of nitrogens with zero attached hydrogens (tertiary/aromatic N) is 2. The highest BCUT2D eigenvalue weighted by molar-refractivity contribution is 5.98. The lowest BCUT2D eigenvalue weighted by molar-refractivity contribution is -0.128. The Kier molecular flexibility index (Phi) is 4.06. The summed E-state index contributed by atoms with van der Waals surface area (Å²) in [7, 11) is 0. The van der Waals surface area contributed by atoms with Gasteiger partial charge in [-0.2, -0.15) is 5.26 Å². The van der Waals surface area contributed by atoms with Crippen molar-refractivity contribution in [1.82, 2.24) is 4.90 Å². The van der Waals surface area contributed by atoms with Crippen LogP contribution in [0.25, 0.3) is 0 Å². The van der Waals surface area contributed by atoms with Gasteiger partial charge in [-0.15, -0.1) is 0 Å². The smallest absolute Gasteiger partial charge is 0.264 e. The molecule has 1 atom stereocenters. The summed E-state index contributed by atoms with van der Waals surface area (Å²) in [5.41, 5.74) is 5.58. The van der Waals surface area contributed by atoms with Crippen molar-refractivity contribution in [2.75, 3.05) is 13.2 Å². The molecule has 1 aliphatic heterocycles. The Morgan fingerprint density at radius 2 is 2.00 bits per heavy atom. The topological polar surface area (TPSA) is 44.1 Å². The van der Waals surface area contributed by atoms with Crippen LogP contribution in [0.2, 0.25) is 0 Å². The molecular formula is C21H25FN2O. The van der Waals surface area contributed by atoms with Crippen molar-refractivity contribution in [3.8, 4) is 6.07 Å². The molecule has 0 aromatic rings. The summed E-state index contributed by atoms with van der Waals surface area (Å²) in [4.78, 5) is 14.8. The minimum absolute atomic E-state index is 0.0249. The molecule has 1 saturated heterocycles. The summed E-state index contributed by atoms with van der Waals surface area (Å²) in [5, 5.41) is 9.47. The third-order valence-corrected chi connectivity index (χ3v) is 6.53. The van der Waals surface area contributed by atoms with Crippen LogP contribution in [0.4, 0.5) is 4.39 Å². The Bertz CT molecular complexity index is 740. The molecule has 4 aliphatic carbocycles. The molecule has 1 unspecified atom stereocenters. The van der Waals surface area contributed by atoms with E-state index < -0.39 is 12.1 Å². The average Bonchev–Trinajstić information content (AvgIpc) is 3.44. The van der Waals surface area contributed by atoms with Gasteiger partial charge in [0.25, 0.3) is 5.91 Å². The maximum Gasteiger partial charge on any atom is 0.264 e. The fourth-order valence-corrected chi connectivity index (χ4v) is 4.84. The van der Waals surface area contributed by atoms with Gasteiger partial charge in [-0.05, 0) is 69.4 Å². The van der Waals surface area contributed by atoms with E-state index in [0.717, 1.165) is 32.1 Å². The Hall–Kier alpha value is -1.89. The SMILES string of the molecule is CC1C2=C3CCCC(=C2CCN1C(=O)/C(C#N)=C\C1(CF)CC1)CC3. The van der Waals surface area contributed by atoms with Crippen LogP contribution in [0.5, 0.6) is 0 Å². The first-order valence-corrected chi connectivity index (χ1v) is 9.51. The van der Waals surface area contributed by atoms with Gasteiger partial charge in [-0.25, -0.2) is 0 Å². The van der Waals surface area contributed by atoms with Crippen LogP contribution in [-0.2, 0) is 4.79 Å². The molecular weight excluding hydrogens is 315 g/mol. The van der Waals surface area contributed by atoms with E-state index >= 15 is 0 Å². The second kappa shape index (κ2) is 6.12. The first-order valence-electron chi connectivity index (χ1n) is 9.51. The van der Waals surface area contributed by atoms with Crippen LogP contribution >= 0.6 is 0 Å². The van der Waals surface area contributed by atoms with Crippen molar-refractivity contribution >= 4 is 5.91 Å². The Morgan fingerprint density at radius 1 is 1.28 bits per heavy atom. The van der Waals surface area contributed by atoms with Crippen molar-refractivity contribution in [2.24, 2.45) is 5.41 Å². The largest absolute Gasteiger partial charge is 0.331 e. The lowest BCUT2D eigenvalue weighted by Crippen LogP contribution is -2.45. The molecule has 0 N–H and O–H groups in total. The molecule has 2 bridgehead atoms. The van der Waals surface area contributed by atoms with Gasteiger partial charge in [0.15, 0.2) is 0 Å². The summed E-state index contributed by atoms with van der Waals surface area (Å²) in [6.45, 7) is 2.28. The number of likely N-dealkylation sites (tertiary alicyclic amines) is 1. The van der Waals surface area contributed by atoms with E-state index in [1.54, 1.807) is 11.6 Å². The number of carbonyl (C=O) groups is 1. The number of carbonyl (C=O) groups excluding carboxylic acids is 1. The van der Waals surface area contributed by atoms with E-state index in [9.17, 15) is 14.4 Å². The van der Waals surface area contributed by atoms with E-state index in [1.165, 1.54) is 36.0 Å². The van der Waals surface area contributed by atoms with Gasteiger partial charge in [-0.1, -0.05) is 17.2 Å². The zero-order valence-electron chi connectivity index (χ0n) is 14.9. The number of amides is 1. The van der Waals surface area contributed by atoms with Crippen molar-refractivity contribution in [3.63, 3.8) is 0 Å². The zero-order chi connectivity index (χ0) is 17.6. The average molecular weight is 340 g/mol. The Labute approximate surface area is 148 Å². The summed E-state index contributed by atoms with van der Waals surface area (Å²) in [6.07, 6.45) is 9.87. The highest BCUT2D eigenvalue weighted by Gasteiger charge is 2.43. The molecule has 3 fully saturated rings. The van der Waals surface area contributed by atoms with Crippen molar-refractivity contribution in [1.29, 1.82) is 5.26 Å². The van der Waals surface area contributed by atoms with Gasteiger partial charge in [0.1, 0.15) is 11.6 Å². The molecule has 5 aliphatic rings. The number of rotatable bonds is 3. The second-order valence-electron chi connectivity index (χ2n) is 8.04. The molecule has 0 spiro atoms. The molecule has 25 heavy (non-hydrogen) atoms. The Morgan fingerprint density at radius 3 is 2.68 bits per heavy atom. The van der Waals surface area contributed by atoms with Crippen LogP contribution in [0.1, 0.15) is 58.3 Å². The number of hydrogen-bond acceptors (Lipinski definition) is 2. The third kappa shape index (κ3) is 2.74. The van der Waals surface area contributed by atoms with E-state index in [1.807, 2.05) is 11.0 Å². The van der Waals surface area contributed by atoms with Gasteiger partial charge < -0.3 is 4.90 Å². The molecule has 1 heterocycles. The van der Waals surface area contributed by atoms with Gasteiger partial charge in [-0.3, -0.25) is 9.18 Å². The molecule has 2 saturated carbocycles. The number of fused-ring (bicyclic) bond motifs is 3. The minimum atomic E-state index is -0.545. The standard InChI is InChI=1S/C21H25FN2O/c1-14-19-16-4-2-3-15(5-6-16)18(19)7-10-24(14)20(25)17(12-23)11-21(13-22)8-9-21/h11,14H,2-10,13H2,1H3/b17-11-. The summed E-state index contributed by atoms with van der Waals surface area (Å²) in [5.74, 6) is -0.216. The van der Waals surface area contributed by atoms with Crippen LogP contribution in [0.15, 0.2) is 33.9 Å². The van der Waals surface area contributed by atoms with Gasteiger partial charge in [0.2, 0.25) is 0 Å². The molecule has 5 rings (SSSR count). The molecule has 0 aromatic heterocycles. The number of halogens is 1. The van der Waals surface area contributed by atoms with Gasteiger partial charge in [0, 0.05) is 12.0 Å². The Balaban J connectivity index is 1.63. The normalized spacial score (nSPS) is 27.8. The monoisotopic (exact) mass is 340 g/mol. The van der Waals surface area contributed by atoms with E-state index in [4.69, 9.17) is 0 Å². The lowest BCUT2D eigenvalue weighted by atomic mass is 9.79. The van der Waals surface area contributed by atoms with Crippen LogP contribution in [-0.4, -0.2) is 30.1 Å². The van der Waals surface area contributed by atoms with E-state index in [0.29, 0.717) is 6.54 Å². The van der Waals surface area contributed by atoms with Crippen molar-refractivity contribution in [3.05, 3.63) is 33.9 Å². The molecule has 4 heteroatoms. The quantitative estimate of drug-likeness (QED) is 0.565. The second-order valence-corrected chi connectivity index (χ2v) is 8.04. The van der Waals surface area contributed by atoms with Gasteiger partial charge in [0.05, 0.1) is 12.7 Å². The fraction of sp³-hybridized carbons (Fsp3) is 0.619. The number of nitriles is 1. The molecule has 1 amide bonds. The maximum absolute atomic E-state index is 13.2. The fourth-order valence-electron chi connectivity index (χ4n) is 4.84. The first-order chi connectivity index (χ1) is 12.1. The zero-order valence-corrected chi connectivity index (χ0v) is 14.9. The molecule has 0 aromatic carbocycles. The summed E-state index contributed by atoms with van der Waals surface area (Å²) >= 11 is 0. The van der Waals surface area contributed by atoms with Crippen molar-refractivity contribution in [2.45, 2.75) is 64.3 Å². The minimum Gasteiger partial charge on any atom is -0.331 e. The van der Waals surface area contributed by atoms with E-state index in [2.05, 4.69) is 6.92 Å². The highest BCUT2D eigenvalue weighted by Crippen LogP contribution is 2.49. The van der Waals surface area contributed by atoms with Crippen LogP contribution in [0.3, 0.4) is 0 Å². The van der Waals surface area contributed by atoms with Crippen LogP contribution in [0, 0.1) is 16.7 Å². The predicted octanol–water partition coefficient (Wildman–Crippen LogP) is 4.38. The van der Waals surface area contributed by atoms with Crippen LogP contribution < -0.4 is 0 Å². The van der Waals surface area contributed by atoms with Gasteiger partial charge >= 0.3 is 0 Å².